The number of carbonyl (C=O) groups is 1. The van der Waals surface area contributed by atoms with Gasteiger partial charge in [0.15, 0.2) is 0 Å². The van der Waals surface area contributed by atoms with Crippen LogP contribution in [0.15, 0.2) is 88.9 Å². The first-order chi connectivity index (χ1) is 16.3. The van der Waals surface area contributed by atoms with Gasteiger partial charge in [-0.15, -0.1) is 0 Å². The molecule has 0 bridgehead atoms. The van der Waals surface area contributed by atoms with Crippen LogP contribution in [-0.4, -0.2) is 40.2 Å². The Morgan fingerprint density at radius 3 is 2.24 bits per heavy atom. The van der Waals surface area contributed by atoms with E-state index in [0.29, 0.717) is 5.02 Å². The van der Waals surface area contributed by atoms with E-state index in [1.54, 1.807) is 36.4 Å². The Labute approximate surface area is 205 Å². The van der Waals surface area contributed by atoms with Gasteiger partial charge in [-0.3, -0.25) is 9.10 Å². The van der Waals surface area contributed by atoms with E-state index in [1.807, 2.05) is 24.3 Å². The number of rotatable bonds is 10. The second-order valence-electron chi connectivity index (χ2n) is 7.36. The summed E-state index contributed by atoms with van der Waals surface area (Å²) >= 11 is 6.07. The van der Waals surface area contributed by atoms with Crippen molar-refractivity contribution in [2.24, 2.45) is 5.10 Å². The summed E-state index contributed by atoms with van der Waals surface area (Å²) in [6, 6.07) is 22.1. The van der Waals surface area contributed by atoms with Gasteiger partial charge in [0.05, 0.1) is 16.8 Å². The number of benzene rings is 3. The van der Waals surface area contributed by atoms with Gasteiger partial charge in [-0.1, -0.05) is 48.0 Å². The molecule has 34 heavy (non-hydrogen) atoms. The third kappa shape index (κ3) is 6.36. The molecule has 7 nitrogen and oxygen atoms in total. The zero-order chi connectivity index (χ0) is 24.6. The average Bonchev–Trinajstić information content (AvgIpc) is 2.84. The summed E-state index contributed by atoms with van der Waals surface area (Å²) in [5.74, 6) is -0.588. The van der Waals surface area contributed by atoms with Crippen LogP contribution in [0.25, 0.3) is 0 Å². The van der Waals surface area contributed by atoms with Crippen LogP contribution in [0, 0.1) is 0 Å². The maximum absolute atomic E-state index is 13.3. The van der Waals surface area contributed by atoms with Crippen molar-refractivity contribution in [3.05, 3.63) is 89.4 Å². The molecule has 0 radical (unpaired) electrons. The Kier molecular flexibility index (Phi) is 8.67. The van der Waals surface area contributed by atoms with Crippen LogP contribution in [0.3, 0.4) is 0 Å². The highest BCUT2D eigenvalue weighted by atomic mass is 35.5. The fourth-order valence-electron chi connectivity index (χ4n) is 3.37. The molecule has 0 saturated carbocycles. The number of carbonyl (C=O) groups excluding carboxylic acids is 1. The quantitative estimate of drug-likeness (QED) is 0.329. The van der Waals surface area contributed by atoms with Gasteiger partial charge in [0.25, 0.3) is 15.9 Å². The number of sulfonamides is 1. The largest absolute Gasteiger partial charge is 0.372 e. The van der Waals surface area contributed by atoms with E-state index in [-0.39, 0.29) is 10.6 Å². The van der Waals surface area contributed by atoms with Crippen LogP contribution in [0.4, 0.5) is 11.4 Å². The first-order valence-electron chi connectivity index (χ1n) is 10.9. The molecule has 3 aromatic carbocycles. The van der Waals surface area contributed by atoms with Gasteiger partial charge in [0.1, 0.15) is 6.54 Å². The fraction of sp³-hybridized carbons (Fsp3) is 0.200. The van der Waals surface area contributed by atoms with Crippen molar-refractivity contribution >= 4 is 45.1 Å². The number of nitrogens with zero attached hydrogens (tertiary/aromatic N) is 3. The zero-order valence-corrected chi connectivity index (χ0v) is 20.6. The number of nitrogens with one attached hydrogen (secondary N) is 1. The van der Waals surface area contributed by atoms with Crippen molar-refractivity contribution in [1.29, 1.82) is 0 Å². The Bertz CT molecular complexity index is 1230. The van der Waals surface area contributed by atoms with E-state index in [1.165, 1.54) is 24.4 Å². The van der Waals surface area contributed by atoms with Crippen molar-refractivity contribution in [3.63, 3.8) is 0 Å². The first kappa shape index (κ1) is 25.3. The van der Waals surface area contributed by atoms with Crippen molar-refractivity contribution in [3.8, 4) is 0 Å². The predicted octanol–water partition coefficient (Wildman–Crippen LogP) is 4.53. The SMILES string of the molecule is CCN(CC)c1ccc(/C=N\NC(=O)CN(c2cccc(Cl)c2)S(=O)(=O)c2ccccc2)cc1. The van der Waals surface area contributed by atoms with Gasteiger partial charge in [-0.25, -0.2) is 13.8 Å². The summed E-state index contributed by atoms with van der Waals surface area (Å²) in [6.45, 7) is 5.55. The second kappa shape index (κ2) is 11.7. The second-order valence-corrected chi connectivity index (χ2v) is 9.66. The average molecular weight is 499 g/mol. The number of hydrogen-bond acceptors (Lipinski definition) is 5. The summed E-state index contributed by atoms with van der Waals surface area (Å²) in [5, 5.41) is 4.35. The van der Waals surface area contributed by atoms with E-state index >= 15 is 0 Å². The molecular weight excluding hydrogens is 472 g/mol. The van der Waals surface area contributed by atoms with E-state index in [2.05, 4.69) is 29.3 Å². The molecule has 0 fully saturated rings. The number of amides is 1. The summed E-state index contributed by atoms with van der Waals surface area (Å²) in [6.07, 6.45) is 1.51. The van der Waals surface area contributed by atoms with E-state index < -0.39 is 22.5 Å². The minimum Gasteiger partial charge on any atom is -0.372 e. The standard InChI is InChI=1S/C25H27ClN4O3S/c1-3-29(4-2)22-15-13-20(14-16-22)18-27-28-25(31)19-30(23-10-8-9-21(26)17-23)34(32,33)24-11-6-5-7-12-24/h5-18H,3-4,19H2,1-2H3,(H,28,31)/b27-18-. The Balaban J connectivity index is 1.75. The first-order valence-corrected chi connectivity index (χ1v) is 12.7. The van der Waals surface area contributed by atoms with Gasteiger partial charge in [-0.05, 0) is 61.9 Å². The number of halogens is 1. The van der Waals surface area contributed by atoms with Gasteiger partial charge >= 0.3 is 0 Å². The summed E-state index contributed by atoms with van der Waals surface area (Å²) < 4.78 is 27.6. The van der Waals surface area contributed by atoms with Crippen LogP contribution >= 0.6 is 11.6 Å². The van der Waals surface area contributed by atoms with Crippen LogP contribution in [-0.2, 0) is 14.8 Å². The summed E-state index contributed by atoms with van der Waals surface area (Å²) in [4.78, 5) is 14.9. The van der Waals surface area contributed by atoms with Crippen molar-refractivity contribution in [1.82, 2.24) is 5.43 Å². The lowest BCUT2D eigenvalue weighted by Crippen LogP contribution is -2.39. The smallest absolute Gasteiger partial charge is 0.264 e. The van der Waals surface area contributed by atoms with Crippen LogP contribution in [0.2, 0.25) is 5.02 Å². The van der Waals surface area contributed by atoms with Crippen LogP contribution < -0.4 is 14.6 Å². The topological polar surface area (TPSA) is 82.1 Å². The predicted molar refractivity (Wildman–Crippen MR) is 138 cm³/mol. The van der Waals surface area contributed by atoms with Crippen molar-refractivity contribution < 1.29 is 13.2 Å². The molecule has 1 N–H and O–H groups in total. The summed E-state index contributed by atoms with van der Waals surface area (Å²) in [5.41, 5.74) is 4.60. The molecular formula is C25H27ClN4O3S. The number of hydrogen-bond donors (Lipinski definition) is 1. The lowest BCUT2D eigenvalue weighted by molar-refractivity contribution is -0.119. The van der Waals surface area contributed by atoms with Gasteiger partial charge in [0.2, 0.25) is 0 Å². The lowest BCUT2D eigenvalue weighted by Gasteiger charge is -2.23. The molecule has 9 heteroatoms. The highest BCUT2D eigenvalue weighted by Crippen LogP contribution is 2.26. The molecule has 0 unspecified atom stereocenters. The molecule has 0 aliphatic heterocycles. The molecule has 3 aromatic rings. The van der Waals surface area contributed by atoms with Gasteiger partial charge in [0, 0.05) is 23.8 Å². The van der Waals surface area contributed by atoms with Crippen LogP contribution in [0.5, 0.6) is 0 Å². The van der Waals surface area contributed by atoms with E-state index in [0.717, 1.165) is 28.6 Å². The third-order valence-electron chi connectivity index (χ3n) is 5.14. The monoisotopic (exact) mass is 498 g/mol. The molecule has 0 heterocycles. The molecule has 178 valence electrons. The Hall–Kier alpha value is -3.36. The van der Waals surface area contributed by atoms with E-state index in [9.17, 15) is 13.2 Å². The maximum atomic E-state index is 13.3. The van der Waals surface area contributed by atoms with E-state index in [4.69, 9.17) is 11.6 Å². The van der Waals surface area contributed by atoms with Crippen molar-refractivity contribution in [2.45, 2.75) is 18.7 Å². The molecule has 0 aliphatic rings. The third-order valence-corrected chi connectivity index (χ3v) is 7.16. The lowest BCUT2D eigenvalue weighted by atomic mass is 10.2. The molecule has 0 aliphatic carbocycles. The number of anilines is 2. The Morgan fingerprint density at radius 2 is 1.62 bits per heavy atom. The highest BCUT2D eigenvalue weighted by molar-refractivity contribution is 7.92. The highest BCUT2D eigenvalue weighted by Gasteiger charge is 2.27. The number of hydrazone groups is 1. The molecule has 1 amide bonds. The molecule has 0 atom stereocenters. The van der Waals surface area contributed by atoms with Gasteiger partial charge < -0.3 is 4.90 Å². The minimum absolute atomic E-state index is 0.0690. The minimum atomic E-state index is -4.00. The molecule has 0 spiro atoms. The maximum Gasteiger partial charge on any atom is 0.264 e. The zero-order valence-electron chi connectivity index (χ0n) is 19.1. The fourth-order valence-corrected chi connectivity index (χ4v) is 4.99. The van der Waals surface area contributed by atoms with Gasteiger partial charge in [-0.2, -0.15) is 5.10 Å². The molecule has 0 aromatic heterocycles. The summed E-state index contributed by atoms with van der Waals surface area (Å²) in [7, 11) is -4.00. The normalized spacial score (nSPS) is 11.4. The molecule has 3 rings (SSSR count). The Morgan fingerprint density at radius 1 is 0.941 bits per heavy atom. The van der Waals surface area contributed by atoms with Crippen LogP contribution in [0.1, 0.15) is 19.4 Å². The van der Waals surface area contributed by atoms with Crippen molar-refractivity contribution in [2.75, 3.05) is 28.8 Å². The molecule has 0 saturated heterocycles.